The smallest absolute Gasteiger partial charge is 0.391 e. The lowest BCUT2D eigenvalue weighted by Gasteiger charge is -2.37. The van der Waals surface area contributed by atoms with Crippen LogP contribution in [0.3, 0.4) is 0 Å². The summed E-state index contributed by atoms with van der Waals surface area (Å²) in [4.78, 5) is 3.60. The summed E-state index contributed by atoms with van der Waals surface area (Å²) in [5.74, 6) is 0.827. The minimum Gasteiger partial charge on any atom is -0.391 e. The van der Waals surface area contributed by atoms with Gasteiger partial charge in [-0.15, -0.1) is 0 Å². The molecular weight excluding hydrogens is 514 g/mol. The van der Waals surface area contributed by atoms with E-state index in [0.29, 0.717) is 6.01 Å². The molecule has 1 aliphatic rings. The summed E-state index contributed by atoms with van der Waals surface area (Å²) in [5.41, 5.74) is 8.28. The summed E-state index contributed by atoms with van der Waals surface area (Å²) in [6.45, 7) is 0. The van der Waals surface area contributed by atoms with Gasteiger partial charge in [-0.2, -0.15) is 4.57 Å². The number of para-hydroxylation sites is 4. The van der Waals surface area contributed by atoms with E-state index in [0.717, 1.165) is 28.0 Å². The number of H-pyrrole nitrogens is 1. The van der Waals surface area contributed by atoms with Crippen molar-refractivity contribution in [3.05, 3.63) is 168 Å². The second-order valence-electron chi connectivity index (χ2n) is 10.9. The van der Waals surface area contributed by atoms with E-state index in [4.69, 9.17) is 4.74 Å². The predicted molar refractivity (Wildman–Crippen MR) is 168 cm³/mol. The molecule has 6 aromatic carbocycles. The third-order valence-electron chi connectivity index (χ3n) is 8.71. The fourth-order valence-electron chi connectivity index (χ4n) is 7.01. The first kappa shape index (κ1) is 23.1. The second kappa shape index (κ2) is 8.69. The molecule has 8 aromatic rings. The number of ether oxygens (including phenoxy) is 1. The number of imidazole rings is 1. The molecule has 3 heterocycles. The van der Waals surface area contributed by atoms with Crippen molar-refractivity contribution in [2.45, 2.75) is 5.54 Å². The van der Waals surface area contributed by atoms with E-state index in [1.807, 2.05) is 0 Å². The van der Waals surface area contributed by atoms with E-state index in [-0.39, 0.29) is 0 Å². The molecule has 9 rings (SSSR count). The van der Waals surface area contributed by atoms with Crippen LogP contribution in [0.25, 0.3) is 38.5 Å². The predicted octanol–water partition coefficient (Wildman–Crippen LogP) is 8.50. The molecule has 0 bridgehead atoms. The third kappa shape index (κ3) is 3.04. The second-order valence-corrected chi connectivity index (χ2v) is 10.9. The van der Waals surface area contributed by atoms with E-state index in [1.165, 1.54) is 32.9 Å². The van der Waals surface area contributed by atoms with Gasteiger partial charge in [0.1, 0.15) is 5.75 Å². The van der Waals surface area contributed by atoms with Crippen LogP contribution in [0.15, 0.2) is 152 Å². The van der Waals surface area contributed by atoms with Gasteiger partial charge in [-0.1, -0.05) is 109 Å². The number of benzene rings is 6. The highest BCUT2D eigenvalue weighted by Gasteiger charge is 2.52. The maximum Gasteiger partial charge on any atom is 0.461 e. The molecule has 4 nitrogen and oxygen atoms in total. The van der Waals surface area contributed by atoms with Crippen LogP contribution in [0.2, 0.25) is 0 Å². The topological polar surface area (TPSA) is 33.8 Å². The van der Waals surface area contributed by atoms with E-state index < -0.39 is 5.54 Å². The molecule has 4 heteroatoms. The molecule has 0 spiro atoms. The zero-order valence-electron chi connectivity index (χ0n) is 22.7. The molecule has 0 saturated carbocycles. The Bertz CT molecular complexity index is 2190. The SMILES string of the molecule is c1ccc(C2(c3ccccc3)c3ccc(-n4c5ccccc5c5ccccc54)cc3Oc3[nH]c4ccccc4[n+]32)cc1. The van der Waals surface area contributed by atoms with Gasteiger partial charge in [-0.25, -0.2) is 4.98 Å². The molecule has 1 aliphatic heterocycles. The molecule has 0 unspecified atom stereocenters. The molecular formula is C38H26N3O+. The van der Waals surface area contributed by atoms with Crippen molar-refractivity contribution in [3.63, 3.8) is 0 Å². The van der Waals surface area contributed by atoms with Crippen LogP contribution in [-0.4, -0.2) is 9.55 Å². The average molecular weight is 541 g/mol. The molecule has 2 aromatic heterocycles. The van der Waals surface area contributed by atoms with Crippen LogP contribution in [0, 0.1) is 0 Å². The van der Waals surface area contributed by atoms with Gasteiger partial charge < -0.3 is 9.30 Å². The number of hydrogen-bond donors (Lipinski definition) is 1. The van der Waals surface area contributed by atoms with Crippen LogP contribution in [0.4, 0.5) is 0 Å². The third-order valence-corrected chi connectivity index (χ3v) is 8.71. The number of rotatable bonds is 3. The van der Waals surface area contributed by atoms with E-state index in [9.17, 15) is 0 Å². The number of aromatic amines is 1. The van der Waals surface area contributed by atoms with E-state index >= 15 is 0 Å². The van der Waals surface area contributed by atoms with Gasteiger partial charge in [0.05, 0.1) is 16.6 Å². The van der Waals surface area contributed by atoms with Crippen LogP contribution in [0.5, 0.6) is 11.8 Å². The number of hydrogen-bond acceptors (Lipinski definition) is 1. The minimum absolute atomic E-state index is 0.662. The van der Waals surface area contributed by atoms with Crippen LogP contribution < -0.4 is 9.30 Å². The Balaban J connectivity index is 1.40. The lowest BCUT2D eigenvalue weighted by molar-refractivity contribution is -0.717. The van der Waals surface area contributed by atoms with Crippen molar-refractivity contribution < 1.29 is 9.30 Å². The highest BCUT2D eigenvalue weighted by Crippen LogP contribution is 2.48. The monoisotopic (exact) mass is 540 g/mol. The van der Waals surface area contributed by atoms with E-state index in [1.54, 1.807) is 0 Å². The molecule has 1 N–H and O–H groups in total. The number of fused-ring (bicyclic) bond motifs is 7. The number of nitrogens with one attached hydrogen (secondary N) is 1. The largest absolute Gasteiger partial charge is 0.461 e. The lowest BCUT2D eigenvalue weighted by Crippen LogP contribution is -2.60. The Kier molecular flexibility index (Phi) is 4.79. The summed E-state index contributed by atoms with van der Waals surface area (Å²) in [6, 6.07) is 54.6. The van der Waals surface area contributed by atoms with Crippen molar-refractivity contribution in [2.75, 3.05) is 0 Å². The van der Waals surface area contributed by atoms with Gasteiger partial charge >= 0.3 is 6.01 Å². The summed E-state index contributed by atoms with van der Waals surface area (Å²) in [7, 11) is 0. The summed E-state index contributed by atoms with van der Waals surface area (Å²) in [5, 5.41) is 2.48. The lowest BCUT2D eigenvalue weighted by atomic mass is 9.75. The molecule has 0 saturated heterocycles. The van der Waals surface area contributed by atoms with Gasteiger partial charge in [-0.3, -0.25) is 0 Å². The van der Waals surface area contributed by atoms with Gasteiger partial charge in [-0.05, 0) is 36.4 Å². The average Bonchev–Trinajstić information content (AvgIpc) is 3.60. The first-order valence-corrected chi connectivity index (χ1v) is 14.3. The van der Waals surface area contributed by atoms with Crippen molar-refractivity contribution in [2.24, 2.45) is 0 Å². The highest BCUT2D eigenvalue weighted by atomic mass is 16.5. The Hall–Kier alpha value is -5.61. The van der Waals surface area contributed by atoms with Crippen LogP contribution in [0.1, 0.15) is 16.7 Å². The highest BCUT2D eigenvalue weighted by molar-refractivity contribution is 6.09. The zero-order valence-corrected chi connectivity index (χ0v) is 22.7. The maximum atomic E-state index is 6.82. The Morgan fingerprint density at radius 3 is 1.81 bits per heavy atom. The van der Waals surface area contributed by atoms with Gasteiger partial charge in [0.25, 0.3) is 0 Å². The fourth-order valence-corrected chi connectivity index (χ4v) is 7.01. The first-order valence-electron chi connectivity index (χ1n) is 14.3. The minimum atomic E-state index is -0.662. The first-order chi connectivity index (χ1) is 20.8. The van der Waals surface area contributed by atoms with Crippen LogP contribution in [-0.2, 0) is 5.54 Å². The van der Waals surface area contributed by atoms with Crippen molar-refractivity contribution >= 4 is 32.8 Å². The maximum absolute atomic E-state index is 6.82. The summed E-state index contributed by atoms with van der Waals surface area (Å²) >= 11 is 0. The molecule has 0 amide bonds. The van der Waals surface area contributed by atoms with Gasteiger partial charge in [0.15, 0.2) is 16.6 Å². The normalized spacial score (nSPS) is 13.6. The standard InChI is InChI=1S/C38H25N3O/c1-3-13-26(14-4-1)38(27-15-5-2-6-16-27)31-24-23-28(25-36(31)42-37-39-32-19-9-12-22-35(32)41(37)38)40-33-20-10-7-17-29(33)30-18-8-11-21-34(30)40/h1-25H/p+1. The molecule has 42 heavy (non-hydrogen) atoms. The number of nitrogens with zero attached hydrogens (tertiary/aromatic N) is 2. The molecule has 0 fully saturated rings. The summed E-state index contributed by atoms with van der Waals surface area (Å²) < 4.78 is 11.5. The molecule has 198 valence electrons. The Morgan fingerprint density at radius 2 is 1.14 bits per heavy atom. The number of aromatic nitrogens is 3. The summed E-state index contributed by atoms with van der Waals surface area (Å²) in [6.07, 6.45) is 0. The van der Waals surface area contributed by atoms with Gasteiger partial charge in [0, 0.05) is 33.7 Å². The van der Waals surface area contributed by atoms with Crippen molar-refractivity contribution in [3.8, 4) is 17.4 Å². The quantitative estimate of drug-likeness (QED) is 0.224. The molecule has 0 radical (unpaired) electrons. The Labute approximate surface area is 242 Å². The fraction of sp³-hybridized carbons (Fsp3) is 0.0263. The van der Waals surface area contributed by atoms with Crippen molar-refractivity contribution in [1.29, 1.82) is 0 Å². The molecule has 0 aliphatic carbocycles. The van der Waals surface area contributed by atoms with Gasteiger partial charge in [0.2, 0.25) is 0 Å². The van der Waals surface area contributed by atoms with E-state index in [2.05, 4.69) is 166 Å². The molecule has 0 atom stereocenters. The van der Waals surface area contributed by atoms with Crippen LogP contribution >= 0.6 is 0 Å². The zero-order chi connectivity index (χ0) is 27.7. The Morgan fingerprint density at radius 1 is 0.571 bits per heavy atom. The van der Waals surface area contributed by atoms with Crippen molar-refractivity contribution in [1.82, 2.24) is 9.55 Å².